The third-order valence-electron chi connectivity index (χ3n) is 2.80. The summed E-state index contributed by atoms with van der Waals surface area (Å²) in [5.74, 6) is 0.655. The molecule has 0 aliphatic rings. The number of benzene rings is 1. The Labute approximate surface area is 140 Å². The number of aromatic nitrogens is 1. The molecule has 6 heteroatoms. The minimum atomic E-state index is -0.123. The summed E-state index contributed by atoms with van der Waals surface area (Å²) in [6, 6.07) is 11.1. The third-order valence-corrected chi connectivity index (χ3v) is 3.80. The minimum Gasteiger partial charge on any atom is -0.492 e. The van der Waals surface area contributed by atoms with Gasteiger partial charge in [-0.2, -0.15) is 0 Å². The van der Waals surface area contributed by atoms with E-state index in [-0.39, 0.29) is 5.91 Å². The van der Waals surface area contributed by atoms with Crippen molar-refractivity contribution in [1.82, 2.24) is 9.88 Å². The first-order chi connectivity index (χ1) is 10.1. The number of halogens is 2. The molecule has 0 saturated heterocycles. The van der Waals surface area contributed by atoms with Crippen LogP contribution in [0.25, 0.3) is 0 Å². The van der Waals surface area contributed by atoms with Crippen LogP contribution in [0.2, 0.25) is 0 Å². The van der Waals surface area contributed by atoms with Crippen LogP contribution in [0.15, 0.2) is 51.5 Å². The lowest BCUT2D eigenvalue weighted by molar-refractivity contribution is 0.0768. The van der Waals surface area contributed by atoms with Crippen molar-refractivity contribution in [3.8, 4) is 5.75 Å². The zero-order chi connectivity index (χ0) is 15.2. The van der Waals surface area contributed by atoms with Crippen molar-refractivity contribution in [3.63, 3.8) is 0 Å². The molecule has 0 aliphatic heterocycles. The van der Waals surface area contributed by atoms with Crippen LogP contribution in [0.4, 0.5) is 0 Å². The fraction of sp³-hybridized carbons (Fsp3) is 0.200. The van der Waals surface area contributed by atoms with Gasteiger partial charge in [0.1, 0.15) is 18.1 Å². The van der Waals surface area contributed by atoms with Gasteiger partial charge in [-0.1, -0.05) is 15.9 Å². The molecule has 0 N–H and O–H groups in total. The topological polar surface area (TPSA) is 42.4 Å². The molecule has 0 spiro atoms. The van der Waals surface area contributed by atoms with Gasteiger partial charge in [-0.15, -0.1) is 0 Å². The van der Waals surface area contributed by atoms with Gasteiger partial charge in [0.25, 0.3) is 5.91 Å². The Morgan fingerprint density at radius 2 is 1.81 bits per heavy atom. The number of carbonyl (C=O) groups excluding carboxylic acids is 1. The molecule has 4 nitrogen and oxygen atoms in total. The van der Waals surface area contributed by atoms with Gasteiger partial charge >= 0.3 is 0 Å². The molecule has 2 rings (SSSR count). The molecule has 0 radical (unpaired) electrons. The predicted octanol–water partition coefficient (Wildman–Crippen LogP) is 3.76. The average molecular weight is 414 g/mol. The number of likely N-dealkylation sites (N-methyl/N-ethyl adjacent to an activating group) is 1. The van der Waals surface area contributed by atoms with Crippen molar-refractivity contribution in [3.05, 3.63) is 57.2 Å². The summed E-state index contributed by atoms with van der Waals surface area (Å²) in [5.41, 5.74) is 0.421. The van der Waals surface area contributed by atoms with E-state index in [1.54, 1.807) is 30.3 Å². The Morgan fingerprint density at radius 1 is 1.14 bits per heavy atom. The van der Waals surface area contributed by atoms with Crippen molar-refractivity contribution < 1.29 is 9.53 Å². The van der Waals surface area contributed by atoms with E-state index < -0.39 is 0 Å². The monoisotopic (exact) mass is 412 g/mol. The molecular weight excluding hydrogens is 400 g/mol. The first kappa shape index (κ1) is 16.0. The largest absolute Gasteiger partial charge is 0.492 e. The standard InChI is InChI=1S/C15H14Br2N2O2/c1-19(15(20)14-7-4-12(17)10-18-14)8-9-21-13-5-2-11(16)3-6-13/h2-7,10H,8-9H2,1H3. The maximum atomic E-state index is 12.1. The van der Waals surface area contributed by atoms with Gasteiger partial charge in [0.2, 0.25) is 0 Å². The van der Waals surface area contributed by atoms with Gasteiger partial charge in [-0.05, 0) is 52.3 Å². The smallest absolute Gasteiger partial charge is 0.272 e. The molecule has 1 aromatic heterocycles. The molecular formula is C15H14Br2N2O2. The maximum absolute atomic E-state index is 12.1. The molecule has 0 saturated carbocycles. The van der Waals surface area contributed by atoms with Crippen molar-refractivity contribution in [2.24, 2.45) is 0 Å². The summed E-state index contributed by atoms with van der Waals surface area (Å²) in [6.45, 7) is 0.924. The van der Waals surface area contributed by atoms with E-state index in [0.29, 0.717) is 18.8 Å². The summed E-state index contributed by atoms with van der Waals surface area (Å²) in [7, 11) is 1.73. The maximum Gasteiger partial charge on any atom is 0.272 e. The zero-order valence-corrected chi connectivity index (χ0v) is 14.6. The van der Waals surface area contributed by atoms with Crippen LogP contribution >= 0.6 is 31.9 Å². The van der Waals surface area contributed by atoms with Crippen LogP contribution in [-0.2, 0) is 0 Å². The highest BCUT2D eigenvalue weighted by Crippen LogP contribution is 2.16. The minimum absolute atomic E-state index is 0.123. The fourth-order valence-corrected chi connectivity index (χ4v) is 2.13. The van der Waals surface area contributed by atoms with Crippen LogP contribution in [0.3, 0.4) is 0 Å². The molecule has 0 atom stereocenters. The summed E-state index contributed by atoms with van der Waals surface area (Å²) in [4.78, 5) is 17.8. The Morgan fingerprint density at radius 3 is 2.43 bits per heavy atom. The molecule has 2 aromatic rings. The first-order valence-electron chi connectivity index (χ1n) is 6.31. The van der Waals surface area contributed by atoms with Crippen molar-refractivity contribution >= 4 is 37.8 Å². The number of hydrogen-bond donors (Lipinski definition) is 0. The predicted molar refractivity (Wildman–Crippen MR) is 88.5 cm³/mol. The van der Waals surface area contributed by atoms with E-state index >= 15 is 0 Å². The number of hydrogen-bond acceptors (Lipinski definition) is 3. The van der Waals surface area contributed by atoms with Gasteiger partial charge in [-0.3, -0.25) is 4.79 Å². The number of ether oxygens (including phenoxy) is 1. The lowest BCUT2D eigenvalue weighted by Crippen LogP contribution is -2.31. The SMILES string of the molecule is CN(CCOc1ccc(Br)cc1)C(=O)c1ccc(Br)cn1. The third kappa shape index (κ3) is 4.82. The van der Waals surface area contributed by atoms with Crippen molar-refractivity contribution in [2.45, 2.75) is 0 Å². The number of nitrogens with zero attached hydrogens (tertiary/aromatic N) is 2. The lowest BCUT2D eigenvalue weighted by Gasteiger charge is -2.17. The molecule has 1 amide bonds. The van der Waals surface area contributed by atoms with Crippen molar-refractivity contribution in [1.29, 1.82) is 0 Å². The molecule has 1 aromatic carbocycles. The van der Waals surface area contributed by atoms with Gasteiger partial charge in [0.05, 0.1) is 6.54 Å². The molecule has 110 valence electrons. The summed E-state index contributed by atoms with van der Waals surface area (Å²) >= 11 is 6.66. The molecule has 0 unspecified atom stereocenters. The molecule has 1 heterocycles. The number of carbonyl (C=O) groups is 1. The van der Waals surface area contributed by atoms with Crippen LogP contribution in [0.5, 0.6) is 5.75 Å². The highest BCUT2D eigenvalue weighted by atomic mass is 79.9. The summed E-state index contributed by atoms with van der Waals surface area (Å²) < 4.78 is 7.44. The normalized spacial score (nSPS) is 10.2. The number of pyridine rings is 1. The Bertz CT molecular complexity index is 600. The zero-order valence-electron chi connectivity index (χ0n) is 11.4. The second-order valence-corrected chi connectivity index (χ2v) is 6.22. The highest BCUT2D eigenvalue weighted by molar-refractivity contribution is 9.10. The summed E-state index contributed by atoms with van der Waals surface area (Å²) in [6.07, 6.45) is 1.61. The van der Waals surface area contributed by atoms with Crippen LogP contribution < -0.4 is 4.74 Å². The van der Waals surface area contributed by atoms with Crippen LogP contribution in [0, 0.1) is 0 Å². The molecule has 21 heavy (non-hydrogen) atoms. The number of amides is 1. The van der Waals surface area contributed by atoms with E-state index in [0.717, 1.165) is 14.7 Å². The van der Waals surface area contributed by atoms with E-state index in [2.05, 4.69) is 36.8 Å². The van der Waals surface area contributed by atoms with Gasteiger partial charge in [-0.25, -0.2) is 4.98 Å². The quantitative estimate of drug-likeness (QED) is 0.749. The van der Waals surface area contributed by atoms with Crippen molar-refractivity contribution in [2.75, 3.05) is 20.2 Å². The second kappa shape index (κ2) is 7.56. The molecule has 0 bridgehead atoms. The van der Waals surface area contributed by atoms with E-state index in [1.165, 1.54) is 0 Å². The second-order valence-electron chi connectivity index (χ2n) is 4.39. The number of rotatable bonds is 5. The average Bonchev–Trinajstić information content (AvgIpc) is 2.49. The molecule has 0 fully saturated rings. The van der Waals surface area contributed by atoms with Crippen LogP contribution in [-0.4, -0.2) is 36.0 Å². The highest BCUT2D eigenvalue weighted by Gasteiger charge is 2.12. The summed E-state index contributed by atoms with van der Waals surface area (Å²) in [5, 5.41) is 0. The lowest BCUT2D eigenvalue weighted by atomic mass is 10.3. The van der Waals surface area contributed by atoms with E-state index in [9.17, 15) is 4.79 Å². The molecule has 0 aliphatic carbocycles. The first-order valence-corrected chi connectivity index (χ1v) is 7.90. The Kier molecular flexibility index (Phi) is 5.76. The van der Waals surface area contributed by atoms with Crippen LogP contribution in [0.1, 0.15) is 10.5 Å². The van der Waals surface area contributed by atoms with E-state index in [4.69, 9.17) is 4.74 Å². The Balaban J connectivity index is 1.83. The van der Waals surface area contributed by atoms with E-state index in [1.807, 2.05) is 24.3 Å². The van der Waals surface area contributed by atoms with Gasteiger partial charge < -0.3 is 9.64 Å². The van der Waals surface area contributed by atoms with Gasteiger partial charge in [0.15, 0.2) is 0 Å². The fourth-order valence-electron chi connectivity index (χ4n) is 1.63. The van der Waals surface area contributed by atoms with Gasteiger partial charge in [0, 0.05) is 22.2 Å². The Hall–Kier alpha value is -1.40.